The highest BCUT2D eigenvalue weighted by Gasteiger charge is 2.23. The molecule has 0 spiro atoms. The van der Waals surface area contributed by atoms with Crippen LogP contribution in [0.3, 0.4) is 0 Å². The number of pyridine rings is 2. The van der Waals surface area contributed by atoms with E-state index in [0.717, 1.165) is 5.39 Å². The van der Waals surface area contributed by atoms with Crippen molar-refractivity contribution in [3.05, 3.63) is 59.7 Å². The van der Waals surface area contributed by atoms with Crippen LogP contribution in [0.2, 0.25) is 0 Å². The minimum Gasteiger partial charge on any atom is -0.387 e. The second-order valence-electron chi connectivity index (χ2n) is 6.47. The van der Waals surface area contributed by atoms with Crippen molar-refractivity contribution in [3.63, 3.8) is 0 Å². The summed E-state index contributed by atoms with van der Waals surface area (Å²) in [6.45, 7) is 1.99. The number of aliphatic imine (C=N–C) groups is 1. The Labute approximate surface area is 165 Å². The average molecular weight is 392 g/mol. The minimum absolute atomic E-state index is 0.143. The fourth-order valence-corrected chi connectivity index (χ4v) is 3.99. The van der Waals surface area contributed by atoms with E-state index in [-0.39, 0.29) is 17.1 Å². The van der Waals surface area contributed by atoms with Gasteiger partial charge in [-0.2, -0.15) is 5.26 Å². The number of anilines is 2. The van der Waals surface area contributed by atoms with Gasteiger partial charge in [0.05, 0.1) is 16.9 Å². The van der Waals surface area contributed by atoms with E-state index in [1.807, 2.05) is 6.92 Å². The maximum Gasteiger partial charge on any atom is 0.156 e. The number of amidine groups is 1. The van der Waals surface area contributed by atoms with Crippen molar-refractivity contribution in [2.45, 2.75) is 18.2 Å². The number of aromatic nitrogens is 2. The first-order valence-corrected chi connectivity index (χ1v) is 9.76. The van der Waals surface area contributed by atoms with Gasteiger partial charge in [-0.25, -0.2) is 9.37 Å². The zero-order chi connectivity index (χ0) is 19.7. The van der Waals surface area contributed by atoms with Crippen LogP contribution in [0.1, 0.15) is 24.1 Å². The standard InChI is InChI=1S/C20H17FN6S/c1-11-19(23)27-17(10-28-11)15-7-14(2-3-16(15)21)26-20-18-13(4-5-24-20)6-12(8-22)9-25-18/h2-7,9,11,17H,10H2,1H3,(H2,23,27)(H,24,26). The first-order valence-electron chi connectivity index (χ1n) is 8.71. The molecule has 140 valence electrons. The Hall–Kier alpha value is -3.18. The summed E-state index contributed by atoms with van der Waals surface area (Å²) in [6, 6.07) is 10.1. The van der Waals surface area contributed by atoms with Crippen molar-refractivity contribution in [2.24, 2.45) is 10.7 Å². The van der Waals surface area contributed by atoms with Gasteiger partial charge in [0.15, 0.2) is 5.82 Å². The molecule has 0 bridgehead atoms. The molecule has 0 saturated heterocycles. The topological polar surface area (TPSA) is 100.0 Å². The highest BCUT2D eigenvalue weighted by atomic mass is 32.2. The van der Waals surface area contributed by atoms with Gasteiger partial charge in [0.25, 0.3) is 0 Å². The summed E-state index contributed by atoms with van der Waals surface area (Å²) in [4.78, 5) is 13.1. The van der Waals surface area contributed by atoms with E-state index in [2.05, 4.69) is 26.3 Å². The number of hydrogen-bond acceptors (Lipinski definition) is 7. The van der Waals surface area contributed by atoms with Gasteiger partial charge in [0, 0.05) is 34.8 Å². The van der Waals surface area contributed by atoms with Crippen LogP contribution >= 0.6 is 11.8 Å². The summed E-state index contributed by atoms with van der Waals surface area (Å²) in [7, 11) is 0. The molecule has 0 fully saturated rings. The van der Waals surface area contributed by atoms with Crippen LogP contribution in [0.5, 0.6) is 0 Å². The highest BCUT2D eigenvalue weighted by Crippen LogP contribution is 2.33. The highest BCUT2D eigenvalue weighted by molar-refractivity contribution is 8.00. The third kappa shape index (κ3) is 3.49. The molecular formula is C20H17FN6S. The Morgan fingerprint density at radius 1 is 1.29 bits per heavy atom. The van der Waals surface area contributed by atoms with Crippen molar-refractivity contribution in [3.8, 4) is 6.07 Å². The fraction of sp³-hybridized carbons (Fsp3) is 0.200. The zero-order valence-electron chi connectivity index (χ0n) is 15.1. The minimum atomic E-state index is -0.320. The lowest BCUT2D eigenvalue weighted by Gasteiger charge is -2.24. The normalized spacial score (nSPS) is 19.1. The Morgan fingerprint density at radius 3 is 2.93 bits per heavy atom. The van der Waals surface area contributed by atoms with Gasteiger partial charge in [0.2, 0.25) is 0 Å². The van der Waals surface area contributed by atoms with Crippen molar-refractivity contribution >= 4 is 40.0 Å². The van der Waals surface area contributed by atoms with Gasteiger partial charge in [-0.15, -0.1) is 11.8 Å². The van der Waals surface area contributed by atoms with Crippen molar-refractivity contribution in [1.82, 2.24) is 9.97 Å². The molecule has 8 heteroatoms. The van der Waals surface area contributed by atoms with Crippen LogP contribution in [0, 0.1) is 17.1 Å². The molecule has 1 aliphatic rings. The van der Waals surface area contributed by atoms with Gasteiger partial charge in [0.1, 0.15) is 23.2 Å². The number of thioether (sulfide) groups is 1. The molecule has 1 aromatic carbocycles. The number of nitrogens with zero attached hydrogens (tertiary/aromatic N) is 4. The molecule has 0 radical (unpaired) electrons. The van der Waals surface area contributed by atoms with Gasteiger partial charge < -0.3 is 11.1 Å². The van der Waals surface area contributed by atoms with E-state index < -0.39 is 0 Å². The van der Waals surface area contributed by atoms with E-state index in [1.165, 1.54) is 12.3 Å². The Bertz CT molecular complexity index is 1120. The summed E-state index contributed by atoms with van der Waals surface area (Å²) in [6.07, 6.45) is 3.14. The van der Waals surface area contributed by atoms with Gasteiger partial charge in [-0.3, -0.25) is 9.98 Å². The Kier molecular flexibility index (Phi) is 4.84. The average Bonchev–Trinajstić information content (AvgIpc) is 2.71. The smallest absolute Gasteiger partial charge is 0.156 e. The molecule has 2 unspecified atom stereocenters. The van der Waals surface area contributed by atoms with E-state index in [0.29, 0.717) is 39.7 Å². The monoisotopic (exact) mass is 392 g/mol. The van der Waals surface area contributed by atoms with E-state index >= 15 is 0 Å². The molecule has 2 atom stereocenters. The molecule has 6 nitrogen and oxygen atoms in total. The Morgan fingerprint density at radius 2 is 2.14 bits per heavy atom. The number of fused-ring (bicyclic) bond motifs is 1. The summed E-state index contributed by atoms with van der Waals surface area (Å²) < 4.78 is 14.4. The number of nitrogens with one attached hydrogen (secondary N) is 1. The molecule has 0 saturated carbocycles. The number of nitrogens with two attached hydrogens (primary N) is 1. The summed E-state index contributed by atoms with van der Waals surface area (Å²) in [5.74, 6) is 1.43. The van der Waals surface area contributed by atoms with Crippen LogP contribution < -0.4 is 11.1 Å². The molecular weight excluding hydrogens is 375 g/mol. The molecule has 3 aromatic rings. The predicted molar refractivity (Wildman–Crippen MR) is 110 cm³/mol. The van der Waals surface area contributed by atoms with E-state index in [9.17, 15) is 4.39 Å². The number of benzene rings is 1. The van der Waals surface area contributed by atoms with Crippen LogP contribution in [-0.2, 0) is 0 Å². The van der Waals surface area contributed by atoms with Gasteiger partial charge in [-0.05, 0) is 37.3 Å². The van der Waals surface area contributed by atoms with E-state index in [4.69, 9.17) is 11.0 Å². The maximum atomic E-state index is 14.4. The molecule has 0 aliphatic carbocycles. The van der Waals surface area contributed by atoms with E-state index in [1.54, 1.807) is 42.2 Å². The number of halogens is 1. The van der Waals surface area contributed by atoms with Crippen molar-refractivity contribution in [1.29, 1.82) is 5.26 Å². The first kappa shape index (κ1) is 18.2. The Balaban J connectivity index is 1.68. The molecule has 4 rings (SSSR count). The summed E-state index contributed by atoms with van der Waals surface area (Å²) in [5, 5.41) is 13.2. The molecule has 1 aliphatic heterocycles. The molecule has 0 amide bonds. The lowest BCUT2D eigenvalue weighted by molar-refractivity contribution is 0.595. The van der Waals surface area contributed by atoms with Crippen LogP contribution in [0.4, 0.5) is 15.9 Å². The predicted octanol–water partition coefficient (Wildman–Crippen LogP) is 3.92. The van der Waals surface area contributed by atoms with Crippen molar-refractivity contribution < 1.29 is 4.39 Å². The lowest BCUT2D eigenvalue weighted by Crippen LogP contribution is -2.29. The maximum absolute atomic E-state index is 14.4. The van der Waals surface area contributed by atoms with Gasteiger partial charge in [-0.1, -0.05) is 0 Å². The second-order valence-corrected chi connectivity index (χ2v) is 7.85. The van der Waals surface area contributed by atoms with Crippen LogP contribution in [0.25, 0.3) is 10.9 Å². The summed E-state index contributed by atoms with van der Waals surface area (Å²) in [5.41, 5.74) is 8.24. The number of hydrogen-bond donors (Lipinski definition) is 2. The molecule has 28 heavy (non-hydrogen) atoms. The second kappa shape index (κ2) is 7.44. The van der Waals surface area contributed by atoms with Crippen LogP contribution in [-0.4, -0.2) is 26.8 Å². The largest absolute Gasteiger partial charge is 0.387 e. The van der Waals surface area contributed by atoms with Crippen molar-refractivity contribution in [2.75, 3.05) is 11.1 Å². The lowest BCUT2D eigenvalue weighted by atomic mass is 10.1. The zero-order valence-corrected chi connectivity index (χ0v) is 15.9. The van der Waals surface area contributed by atoms with Crippen LogP contribution in [0.15, 0.2) is 47.7 Å². The first-order chi connectivity index (χ1) is 13.5. The van der Waals surface area contributed by atoms with Gasteiger partial charge >= 0.3 is 0 Å². The third-order valence-corrected chi connectivity index (χ3v) is 5.82. The number of rotatable bonds is 3. The molecule has 3 heterocycles. The fourth-order valence-electron chi connectivity index (χ4n) is 3.03. The third-order valence-electron chi connectivity index (χ3n) is 4.57. The quantitative estimate of drug-likeness (QED) is 0.701. The molecule has 2 aromatic heterocycles. The summed E-state index contributed by atoms with van der Waals surface area (Å²) >= 11 is 1.66. The number of nitriles is 1. The SMILES string of the molecule is CC1SCC(c2cc(Nc3nccc4cc(C#N)cnc34)ccc2F)N=C1N. The molecule has 3 N–H and O–H groups in total.